The van der Waals surface area contributed by atoms with Crippen LogP contribution in [-0.2, 0) is 4.79 Å². The number of rotatable bonds is 4. The van der Waals surface area contributed by atoms with E-state index >= 15 is 0 Å². The van der Waals surface area contributed by atoms with Gasteiger partial charge in [0, 0.05) is 12.1 Å². The van der Waals surface area contributed by atoms with E-state index in [-0.39, 0.29) is 29.8 Å². The summed E-state index contributed by atoms with van der Waals surface area (Å²) in [5.41, 5.74) is 0.545. The number of likely N-dealkylation sites (N-methyl/N-ethyl adjacent to an activating group) is 1. The van der Waals surface area contributed by atoms with Crippen LogP contribution in [0, 0.1) is 11.7 Å². The van der Waals surface area contributed by atoms with Crippen LogP contribution in [0.2, 0.25) is 0 Å². The molecule has 0 aromatic heterocycles. The van der Waals surface area contributed by atoms with E-state index in [9.17, 15) is 9.18 Å². The van der Waals surface area contributed by atoms with E-state index in [1.54, 1.807) is 23.1 Å². The lowest BCUT2D eigenvalue weighted by molar-refractivity contribution is -0.130. The SMILES string of the molecule is CCC(C)C1NC(c2ccccc2F)N(CC)C1=O. The summed E-state index contributed by atoms with van der Waals surface area (Å²) in [5.74, 6) is 0.0551. The topological polar surface area (TPSA) is 32.3 Å². The highest BCUT2D eigenvalue weighted by atomic mass is 19.1. The van der Waals surface area contributed by atoms with Crippen molar-refractivity contribution in [1.82, 2.24) is 10.2 Å². The largest absolute Gasteiger partial charge is 0.322 e. The van der Waals surface area contributed by atoms with Gasteiger partial charge in [-0.1, -0.05) is 38.5 Å². The highest BCUT2D eigenvalue weighted by Crippen LogP contribution is 2.29. The molecule has 4 heteroatoms. The average Bonchev–Trinajstić information content (AvgIpc) is 2.75. The summed E-state index contributed by atoms with van der Waals surface area (Å²) >= 11 is 0. The van der Waals surface area contributed by atoms with Crippen molar-refractivity contribution in [3.8, 4) is 0 Å². The lowest BCUT2D eigenvalue weighted by Crippen LogP contribution is -2.35. The zero-order valence-electron chi connectivity index (χ0n) is 11.7. The van der Waals surface area contributed by atoms with E-state index in [0.717, 1.165) is 6.42 Å². The van der Waals surface area contributed by atoms with E-state index in [1.807, 2.05) is 13.8 Å². The second-order valence-electron chi connectivity index (χ2n) is 5.08. The minimum Gasteiger partial charge on any atom is -0.322 e. The zero-order chi connectivity index (χ0) is 14.0. The third kappa shape index (κ3) is 2.50. The van der Waals surface area contributed by atoms with Gasteiger partial charge in [-0.3, -0.25) is 10.1 Å². The number of carbonyl (C=O) groups excluding carboxylic acids is 1. The number of hydrogen-bond acceptors (Lipinski definition) is 2. The molecule has 3 unspecified atom stereocenters. The van der Waals surface area contributed by atoms with Crippen molar-refractivity contribution in [2.75, 3.05) is 6.54 Å². The second-order valence-corrected chi connectivity index (χ2v) is 5.08. The smallest absolute Gasteiger partial charge is 0.241 e. The van der Waals surface area contributed by atoms with Crippen LogP contribution in [0.15, 0.2) is 24.3 Å². The number of hydrogen-bond donors (Lipinski definition) is 1. The van der Waals surface area contributed by atoms with Gasteiger partial charge in [0.2, 0.25) is 5.91 Å². The normalized spacial score (nSPS) is 24.8. The highest BCUT2D eigenvalue weighted by molar-refractivity contribution is 5.84. The van der Waals surface area contributed by atoms with Gasteiger partial charge in [0.15, 0.2) is 0 Å². The van der Waals surface area contributed by atoms with Gasteiger partial charge < -0.3 is 4.90 Å². The molecule has 1 aliphatic rings. The van der Waals surface area contributed by atoms with Crippen LogP contribution in [0.1, 0.15) is 38.9 Å². The maximum absolute atomic E-state index is 13.9. The van der Waals surface area contributed by atoms with E-state index in [2.05, 4.69) is 12.2 Å². The predicted molar refractivity (Wildman–Crippen MR) is 72.9 cm³/mol. The first-order valence-electron chi connectivity index (χ1n) is 6.91. The monoisotopic (exact) mass is 264 g/mol. The second kappa shape index (κ2) is 5.70. The Morgan fingerprint density at radius 3 is 2.63 bits per heavy atom. The lowest BCUT2D eigenvalue weighted by atomic mass is 9.99. The van der Waals surface area contributed by atoms with Crippen LogP contribution < -0.4 is 5.32 Å². The fourth-order valence-electron chi connectivity index (χ4n) is 2.57. The lowest BCUT2D eigenvalue weighted by Gasteiger charge is -2.23. The van der Waals surface area contributed by atoms with Crippen LogP contribution in [-0.4, -0.2) is 23.4 Å². The molecule has 1 aromatic rings. The Morgan fingerprint density at radius 1 is 1.37 bits per heavy atom. The fraction of sp³-hybridized carbons (Fsp3) is 0.533. The molecule has 1 fully saturated rings. The third-order valence-corrected chi connectivity index (χ3v) is 3.95. The average molecular weight is 264 g/mol. The summed E-state index contributed by atoms with van der Waals surface area (Å²) in [6, 6.07) is 6.43. The zero-order valence-corrected chi connectivity index (χ0v) is 11.7. The molecule has 1 saturated heterocycles. The van der Waals surface area contributed by atoms with Gasteiger partial charge in [-0.15, -0.1) is 0 Å². The minimum atomic E-state index is -0.349. The molecule has 1 N–H and O–H groups in total. The summed E-state index contributed by atoms with van der Waals surface area (Å²) < 4.78 is 13.9. The van der Waals surface area contributed by atoms with Crippen molar-refractivity contribution in [2.45, 2.75) is 39.4 Å². The Hall–Kier alpha value is -1.42. The Morgan fingerprint density at radius 2 is 2.05 bits per heavy atom. The summed E-state index contributed by atoms with van der Waals surface area (Å²) in [4.78, 5) is 14.1. The summed E-state index contributed by atoms with van der Waals surface area (Å²) in [5, 5.41) is 3.29. The van der Waals surface area contributed by atoms with Crippen molar-refractivity contribution in [2.24, 2.45) is 5.92 Å². The quantitative estimate of drug-likeness (QED) is 0.907. The van der Waals surface area contributed by atoms with E-state index < -0.39 is 0 Å². The first-order valence-corrected chi connectivity index (χ1v) is 6.91. The number of benzene rings is 1. The molecule has 0 saturated carbocycles. The first-order chi connectivity index (χ1) is 9.10. The number of halogens is 1. The summed E-state index contributed by atoms with van der Waals surface area (Å²) in [7, 11) is 0. The number of nitrogens with zero attached hydrogens (tertiary/aromatic N) is 1. The van der Waals surface area contributed by atoms with Gasteiger partial charge in [0.25, 0.3) is 0 Å². The molecular weight excluding hydrogens is 243 g/mol. The predicted octanol–water partition coefficient (Wildman–Crippen LogP) is 2.69. The first kappa shape index (κ1) is 14.0. The molecule has 1 aromatic carbocycles. The van der Waals surface area contributed by atoms with Gasteiger partial charge in [0.05, 0.1) is 6.04 Å². The van der Waals surface area contributed by atoms with Crippen molar-refractivity contribution in [3.05, 3.63) is 35.6 Å². The Labute approximate surface area is 113 Å². The van der Waals surface area contributed by atoms with Gasteiger partial charge in [-0.25, -0.2) is 4.39 Å². The van der Waals surface area contributed by atoms with Crippen molar-refractivity contribution >= 4 is 5.91 Å². The van der Waals surface area contributed by atoms with Crippen LogP contribution in [0.25, 0.3) is 0 Å². The Balaban J connectivity index is 2.31. The van der Waals surface area contributed by atoms with Gasteiger partial charge >= 0.3 is 0 Å². The number of nitrogens with one attached hydrogen (secondary N) is 1. The van der Waals surface area contributed by atoms with E-state index in [4.69, 9.17) is 0 Å². The molecule has 1 heterocycles. The Kier molecular flexibility index (Phi) is 4.20. The summed E-state index contributed by atoms with van der Waals surface area (Å²) in [6.45, 7) is 6.61. The molecule has 0 bridgehead atoms. The molecule has 0 radical (unpaired) electrons. The van der Waals surface area contributed by atoms with Crippen LogP contribution in [0.4, 0.5) is 4.39 Å². The third-order valence-electron chi connectivity index (χ3n) is 3.95. The maximum Gasteiger partial charge on any atom is 0.241 e. The van der Waals surface area contributed by atoms with Crippen molar-refractivity contribution < 1.29 is 9.18 Å². The minimum absolute atomic E-state index is 0.0742. The molecule has 1 amide bonds. The molecule has 1 aliphatic heterocycles. The highest BCUT2D eigenvalue weighted by Gasteiger charge is 2.41. The maximum atomic E-state index is 13.9. The molecule has 0 spiro atoms. The fourth-order valence-corrected chi connectivity index (χ4v) is 2.57. The molecular formula is C15H21FN2O. The molecule has 19 heavy (non-hydrogen) atoms. The summed E-state index contributed by atoms with van der Waals surface area (Å²) in [6.07, 6.45) is 0.572. The molecule has 2 rings (SSSR count). The standard InChI is InChI=1S/C15H21FN2O/c1-4-10(3)13-15(19)18(5-2)14(17-13)11-8-6-7-9-12(11)16/h6-10,13-14,17H,4-5H2,1-3H3. The van der Waals surface area contributed by atoms with E-state index in [0.29, 0.717) is 12.1 Å². The van der Waals surface area contributed by atoms with Gasteiger partial charge in [-0.2, -0.15) is 0 Å². The Bertz CT molecular complexity index is 463. The molecule has 3 atom stereocenters. The molecule has 3 nitrogen and oxygen atoms in total. The van der Waals surface area contributed by atoms with Crippen molar-refractivity contribution in [3.63, 3.8) is 0 Å². The van der Waals surface area contributed by atoms with Gasteiger partial charge in [0.1, 0.15) is 12.0 Å². The molecule has 104 valence electrons. The molecule has 0 aliphatic carbocycles. The van der Waals surface area contributed by atoms with Crippen LogP contribution in [0.5, 0.6) is 0 Å². The van der Waals surface area contributed by atoms with Crippen molar-refractivity contribution in [1.29, 1.82) is 0 Å². The van der Waals surface area contributed by atoms with Gasteiger partial charge in [-0.05, 0) is 18.9 Å². The number of amides is 1. The van der Waals surface area contributed by atoms with Crippen LogP contribution >= 0.6 is 0 Å². The number of carbonyl (C=O) groups is 1. The van der Waals surface area contributed by atoms with E-state index in [1.165, 1.54) is 6.07 Å². The van der Waals surface area contributed by atoms with Crippen LogP contribution in [0.3, 0.4) is 0 Å².